The van der Waals surface area contributed by atoms with Gasteiger partial charge in [0.05, 0.1) is 34.8 Å². The summed E-state index contributed by atoms with van der Waals surface area (Å²) < 4.78 is 0. The first-order valence-electron chi connectivity index (χ1n) is 9.27. The van der Waals surface area contributed by atoms with Crippen LogP contribution in [0.2, 0.25) is 0 Å². The van der Waals surface area contributed by atoms with Gasteiger partial charge in [0.25, 0.3) is 0 Å². The third-order valence-corrected chi connectivity index (χ3v) is 5.44. The van der Waals surface area contributed by atoms with E-state index < -0.39 is 17.9 Å². The number of dihydropyridines is 1. The van der Waals surface area contributed by atoms with Crippen LogP contribution in [-0.4, -0.2) is 35.1 Å². The zero-order chi connectivity index (χ0) is 21.1. The topological polar surface area (TPSA) is 143 Å². The molecule has 1 fully saturated rings. The van der Waals surface area contributed by atoms with Crippen molar-refractivity contribution in [1.29, 1.82) is 10.5 Å². The molecule has 1 saturated heterocycles. The molecule has 0 spiro atoms. The highest BCUT2D eigenvalue weighted by Gasteiger charge is 2.35. The van der Waals surface area contributed by atoms with Gasteiger partial charge in [-0.25, -0.2) is 9.59 Å². The minimum atomic E-state index is -1.08. The van der Waals surface area contributed by atoms with Gasteiger partial charge in [-0.15, -0.1) is 0 Å². The number of carboxylic acid groups (broad SMARTS) is 1. The number of allylic oxidation sites excluding steroid dienone is 3. The molecule has 8 nitrogen and oxygen atoms in total. The van der Waals surface area contributed by atoms with Crippen molar-refractivity contribution in [3.05, 3.63) is 57.9 Å². The predicted molar refractivity (Wildman–Crippen MR) is 104 cm³/mol. The second-order valence-corrected chi connectivity index (χ2v) is 7.20. The number of nitrogens with one attached hydrogen (secondary N) is 1. The SMILES string of the molecule is CC1=C(C#N)C(c2cccc(C(=O)O)c2)C(C#N)=C(C2CCCN(C(N)=O)C2)N1. The summed E-state index contributed by atoms with van der Waals surface area (Å²) in [7, 11) is 0. The molecular formula is C21H21N5O3. The van der Waals surface area contributed by atoms with E-state index in [1.165, 1.54) is 12.1 Å². The number of likely N-dealkylation sites (tertiary alicyclic amines) is 1. The molecule has 0 aliphatic carbocycles. The van der Waals surface area contributed by atoms with Crippen LogP contribution in [0.1, 0.15) is 41.6 Å². The zero-order valence-corrected chi connectivity index (χ0v) is 16.0. The average molecular weight is 391 g/mol. The Morgan fingerprint density at radius 2 is 2.00 bits per heavy atom. The first kappa shape index (κ1) is 20.0. The fourth-order valence-corrected chi connectivity index (χ4v) is 4.05. The van der Waals surface area contributed by atoms with Crippen molar-refractivity contribution >= 4 is 12.0 Å². The fourth-order valence-electron chi connectivity index (χ4n) is 4.05. The highest BCUT2D eigenvalue weighted by molar-refractivity contribution is 5.88. The van der Waals surface area contributed by atoms with Crippen molar-refractivity contribution in [3.63, 3.8) is 0 Å². The molecule has 2 unspecified atom stereocenters. The van der Waals surface area contributed by atoms with Crippen molar-refractivity contribution in [2.75, 3.05) is 13.1 Å². The number of carboxylic acids is 1. The Balaban J connectivity index is 2.11. The van der Waals surface area contributed by atoms with Gasteiger partial charge in [0.1, 0.15) is 0 Å². The Kier molecular flexibility index (Phi) is 5.56. The number of hydrogen-bond donors (Lipinski definition) is 3. The third kappa shape index (κ3) is 3.78. The molecule has 3 rings (SSSR count). The molecule has 4 N–H and O–H groups in total. The molecule has 2 atom stereocenters. The molecule has 1 aromatic carbocycles. The first-order valence-corrected chi connectivity index (χ1v) is 9.27. The van der Waals surface area contributed by atoms with Gasteiger partial charge in [0, 0.05) is 30.4 Å². The van der Waals surface area contributed by atoms with E-state index in [0.29, 0.717) is 41.2 Å². The molecule has 0 aromatic heterocycles. The van der Waals surface area contributed by atoms with Crippen LogP contribution in [0.25, 0.3) is 0 Å². The maximum Gasteiger partial charge on any atom is 0.335 e. The summed E-state index contributed by atoms with van der Waals surface area (Å²) in [4.78, 5) is 24.6. The van der Waals surface area contributed by atoms with Crippen molar-refractivity contribution in [2.24, 2.45) is 11.7 Å². The van der Waals surface area contributed by atoms with E-state index in [2.05, 4.69) is 17.5 Å². The van der Waals surface area contributed by atoms with Gasteiger partial charge in [-0.3, -0.25) is 0 Å². The van der Waals surface area contributed by atoms with Crippen LogP contribution in [0.3, 0.4) is 0 Å². The maximum atomic E-state index is 11.6. The highest BCUT2D eigenvalue weighted by atomic mass is 16.4. The van der Waals surface area contributed by atoms with Gasteiger partial charge >= 0.3 is 12.0 Å². The number of carbonyl (C=O) groups is 2. The van der Waals surface area contributed by atoms with Crippen LogP contribution in [0.4, 0.5) is 4.79 Å². The van der Waals surface area contributed by atoms with Crippen molar-refractivity contribution in [3.8, 4) is 12.1 Å². The molecule has 29 heavy (non-hydrogen) atoms. The van der Waals surface area contributed by atoms with E-state index in [1.54, 1.807) is 24.0 Å². The number of nitrogens with two attached hydrogens (primary N) is 1. The van der Waals surface area contributed by atoms with Gasteiger partial charge in [-0.2, -0.15) is 10.5 Å². The smallest absolute Gasteiger partial charge is 0.335 e. The van der Waals surface area contributed by atoms with Gasteiger partial charge in [-0.1, -0.05) is 12.1 Å². The van der Waals surface area contributed by atoms with Gasteiger partial charge in [0.15, 0.2) is 0 Å². The number of primary amides is 1. The lowest BCUT2D eigenvalue weighted by molar-refractivity contribution is 0.0696. The molecule has 2 aliphatic rings. The summed E-state index contributed by atoms with van der Waals surface area (Å²) in [5.74, 6) is -1.86. The van der Waals surface area contributed by atoms with Gasteiger partial charge in [0.2, 0.25) is 0 Å². The van der Waals surface area contributed by atoms with E-state index in [4.69, 9.17) is 5.73 Å². The lowest BCUT2D eigenvalue weighted by Gasteiger charge is -2.37. The van der Waals surface area contributed by atoms with Crippen molar-refractivity contribution < 1.29 is 14.7 Å². The molecule has 1 aromatic rings. The lowest BCUT2D eigenvalue weighted by atomic mass is 9.78. The van der Waals surface area contributed by atoms with Crippen molar-refractivity contribution in [2.45, 2.75) is 25.7 Å². The minimum Gasteiger partial charge on any atom is -0.478 e. The van der Waals surface area contributed by atoms with Crippen LogP contribution in [0.15, 0.2) is 46.8 Å². The summed E-state index contributed by atoms with van der Waals surface area (Å²) >= 11 is 0. The molecule has 0 bridgehead atoms. The second-order valence-electron chi connectivity index (χ2n) is 7.20. The number of nitriles is 2. The Labute approximate surface area is 168 Å². The second kappa shape index (κ2) is 8.07. The number of nitrogens with zero attached hydrogens (tertiary/aromatic N) is 3. The normalized spacial score (nSPS) is 21.8. The molecule has 8 heteroatoms. The van der Waals surface area contributed by atoms with E-state index >= 15 is 0 Å². The van der Waals surface area contributed by atoms with Crippen LogP contribution in [0.5, 0.6) is 0 Å². The monoisotopic (exact) mass is 391 g/mol. The lowest BCUT2D eigenvalue weighted by Crippen LogP contribution is -2.45. The molecule has 148 valence electrons. The summed E-state index contributed by atoms with van der Waals surface area (Å²) in [5.41, 5.74) is 8.12. The summed E-state index contributed by atoms with van der Waals surface area (Å²) in [6.45, 7) is 2.72. The zero-order valence-electron chi connectivity index (χ0n) is 16.0. The maximum absolute atomic E-state index is 11.6. The number of benzene rings is 1. The molecule has 0 saturated carbocycles. The largest absolute Gasteiger partial charge is 0.478 e. The van der Waals surface area contributed by atoms with Crippen molar-refractivity contribution in [1.82, 2.24) is 10.2 Å². The number of carbonyl (C=O) groups excluding carboxylic acids is 1. The average Bonchev–Trinajstić information content (AvgIpc) is 2.73. The molecule has 2 aliphatic heterocycles. The third-order valence-electron chi connectivity index (χ3n) is 5.44. The van der Waals surface area contributed by atoms with E-state index in [-0.39, 0.29) is 11.5 Å². The Bertz CT molecular complexity index is 1010. The van der Waals surface area contributed by atoms with E-state index in [0.717, 1.165) is 12.8 Å². The standard InChI is InChI=1S/C21H21N5O3/c1-12-16(9-22)18(13-4-2-5-14(8-13)20(27)28)17(10-23)19(25-12)15-6-3-7-26(11-15)21(24)29/h2,4-5,8,15,18,25H,3,6-7,11H2,1H3,(H2,24,29)(H,27,28). The number of hydrogen-bond acceptors (Lipinski definition) is 5. The van der Waals surface area contributed by atoms with Gasteiger partial charge in [-0.05, 0) is 37.5 Å². The van der Waals surface area contributed by atoms with E-state index in [1.807, 2.05) is 0 Å². The molecule has 2 heterocycles. The predicted octanol–water partition coefficient (Wildman–Crippen LogP) is 2.44. The Hall–Kier alpha value is -3.78. The van der Waals surface area contributed by atoms with Crippen LogP contribution >= 0.6 is 0 Å². The van der Waals surface area contributed by atoms with Crippen LogP contribution in [0, 0.1) is 28.6 Å². The minimum absolute atomic E-state index is 0.0902. The fraction of sp³-hybridized carbons (Fsp3) is 0.333. The quantitative estimate of drug-likeness (QED) is 0.722. The van der Waals surface area contributed by atoms with Crippen LogP contribution in [-0.2, 0) is 0 Å². The Morgan fingerprint density at radius 1 is 1.28 bits per heavy atom. The van der Waals surface area contributed by atoms with E-state index in [9.17, 15) is 25.2 Å². The Morgan fingerprint density at radius 3 is 2.62 bits per heavy atom. The molecule has 2 amide bonds. The van der Waals surface area contributed by atoms with Crippen LogP contribution < -0.4 is 11.1 Å². The first-order chi connectivity index (χ1) is 13.9. The number of urea groups is 1. The number of aromatic carboxylic acids is 1. The number of piperidine rings is 1. The van der Waals surface area contributed by atoms with Gasteiger partial charge < -0.3 is 21.1 Å². The molecule has 0 radical (unpaired) electrons. The number of amides is 2. The summed E-state index contributed by atoms with van der Waals surface area (Å²) in [6, 6.07) is 10.2. The summed E-state index contributed by atoms with van der Waals surface area (Å²) in [5, 5.41) is 32.2. The summed E-state index contributed by atoms with van der Waals surface area (Å²) in [6.07, 6.45) is 1.53. The number of rotatable bonds is 3. The highest BCUT2D eigenvalue weighted by Crippen LogP contribution is 2.40. The molecular weight excluding hydrogens is 370 g/mol.